The fourth-order valence-corrected chi connectivity index (χ4v) is 1.45. The van der Waals surface area contributed by atoms with E-state index >= 15 is 0 Å². The first kappa shape index (κ1) is 10.4. The lowest BCUT2D eigenvalue weighted by Gasteiger charge is -1.99. The fourth-order valence-electron chi connectivity index (χ4n) is 1.45. The number of fused-ring (bicyclic) bond motifs is 1. The van der Waals surface area contributed by atoms with Gasteiger partial charge < -0.3 is 0 Å². The van der Waals surface area contributed by atoms with Crippen LogP contribution < -0.4 is 0 Å². The maximum absolute atomic E-state index is 8.12. The number of hydrogen-bond acceptors (Lipinski definition) is 3. The van der Waals surface area contributed by atoms with Crippen LogP contribution in [0.25, 0.3) is 0 Å². The molecule has 1 aliphatic rings. The van der Waals surface area contributed by atoms with Crippen LogP contribution in [-0.2, 0) is 16.1 Å². The zero-order valence-electron chi connectivity index (χ0n) is 8.20. The molecule has 72 valence electrons. The van der Waals surface area contributed by atoms with Gasteiger partial charge in [-0.15, -0.1) is 0 Å². The second-order valence-corrected chi connectivity index (χ2v) is 3.15. The van der Waals surface area contributed by atoms with Crippen LogP contribution in [0.15, 0.2) is 23.2 Å². The van der Waals surface area contributed by atoms with Crippen molar-refractivity contribution in [2.75, 3.05) is 0 Å². The van der Waals surface area contributed by atoms with Gasteiger partial charge in [0.25, 0.3) is 0 Å². The minimum Gasteiger partial charge on any atom is -0.285 e. The van der Waals surface area contributed by atoms with E-state index in [0.29, 0.717) is 0 Å². The van der Waals surface area contributed by atoms with Crippen LogP contribution in [0.4, 0.5) is 0 Å². The summed E-state index contributed by atoms with van der Waals surface area (Å²) in [6.45, 7) is 5.07. The molecule has 0 saturated carbocycles. The molecule has 0 spiro atoms. The number of aliphatic imine (C=N–C) groups is 1. The molecule has 0 aromatic heterocycles. The van der Waals surface area contributed by atoms with Crippen LogP contribution in [0, 0.1) is 6.92 Å². The van der Waals surface area contributed by atoms with Crippen molar-refractivity contribution < 1.29 is 9.59 Å². The summed E-state index contributed by atoms with van der Waals surface area (Å²) in [5.41, 5.74) is 5.21. The Hall–Kier alpha value is -1.73. The van der Waals surface area contributed by atoms with Crippen LogP contribution in [-0.4, -0.2) is 11.9 Å². The van der Waals surface area contributed by atoms with Gasteiger partial charge in [-0.2, -0.15) is 9.59 Å². The molecule has 0 saturated heterocycles. The first-order valence-corrected chi connectivity index (χ1v) is 4.29. The van der Waals surface area contributed by atoms with Crippen molar-refractivity contribution in [1.29, 1.82) is 0 Å². The summed E-state index contributed by atoms with van der Waals surface area (Å²) in [7, 11) is 0. The largest absolute Gasteiger partial charge is 0.373 e. The van der Waals surface area contributed by atoms with Crippen molar-refractivity contribution in [3.05, 3.63) is 34.9 Å². The molecule has 0 amide bonds. The molecular weight excluding hydrogens is 178 g/mol. The van der Waals surface area contributed by atoms with Gasteiger partial charge in [-0.05, 0) is 25.5 Å². The van der Waals surface area contributed by atoms with Gasteiger partial charge in [0, 0.05) is 11.3 Å². The molecule has 1 aromatic rings. The Morgan fingerprint density at radius 2 is 1.93 bits per heavy atom. The third-order valence-electron chi connectivity index (χ3n) is 2.14. The van der Waals surface area contributed by atoms with E-state index in [4.69, 9.17) is 9.59 Å². The van der Waals surface area contributed by atoms with Gasteiger partial charge >= 0.3 is 6.15 Å². The number of rotatable bonds is 0. The van der Waals surface area contributed by atoms with Gasteiger partial charge in [-0.25, -0.2) is 0 Å². The van der Waals surface area contributed by atoms with Crippen molar-refractivity contribution in [2.24, 2.45) is 4.99 Å². The van der Waals surface area contributed by atoms with Gasteiger partial charge in [0.1, 0.15) is 0 Å². The molecule has 2 rings (SSSR count). The van der Waals surface area contributed by atoms with Crippen molar-refractivity contribution in [1.82, 2.24) is 0 Å². The van der Waals surface area contributed by atoms with Crippen LogP contribution in [0.2, 0.25) is 0 Å². The summed E-state index contributed by atoms with van der Waals surface area (Å²) < 4.78 is 0. The average Bonchev–Trinajstić information content (AvgIpc) is 2.49. The van der Waals surface area contributed by atoms with E-state index in [1.165, 1.54) is 22.4 Å². The third-order valence-corrected chi connectivity index (χ3v) is 2.14. The molecule has 1 heterocycles. The molecule has 0 fully saturated rings. The van der Waals surface area contributed by atoms with Crippen LogP contribution >= 0.6 is 0 Å². The molecule has 0 aliphatic carbocycles. The standard InChI is InChI=1S/C10H11N.CO2/c1-7-3-4-9-6-11-8(2)10(9)5-7;2-1-3/h3-5H,6H2,1-2H3;. The van der Waals surface area contributed by atoms with E-state index in [1.54, 1.807) is 0 Å². The quantitative estimate of drug-likeness (QED) is 0.624. The molecule has 3 heteroatoms. The predicted octanol–water partition coefficient (Wildman–Crippen LogP) is 1.73. The van der Waals surface area contributed by atoms with E-state index in [9.17, 15) is 0 Å². The summed E-state index contributed by atoms with van der Waals surface area (Å²) >= 11 is 0. The smallest absolute Gasteiger partial charge is 0.285 e. The van der Waals surface area contributed by atoms with Crippen LogP contribution in [0.3, 0.4) is 0 Å². The Morgan fingerprint density at radius 1 is 1.29 bits per heavy atom. The van der Waals surface area contributed by atoms with E-state index in [0.717, 1.165) is 6.54 Å². The van der Waals surface area contributed by atoms with Gasteiger partial charge in [-0.1, -0.05) is 17.7 Å². The first-order valence-electron chi connectivity index (χ1n) is 4.29. The van der Waals surface area contributed by atoms with Crippen molar-refractivity contribution in [3.8, 4) is 0 Å². The highest BCUT2D eigenvalue weighted by molar-refractivity contribution is 6.02. The Kier molecular flexibility index (Phi) is 3.32. The van der Waals surface area contributed by atoms with Crippen LogP contribution in [0.1, 0.15) is 23.6 Å². The number of carbonyl (C=O) groups excluding carboxylic acids is 2. The number of aryl methyl sites for hydroxylation is 1. The minimum atomic E-state index is 0.250. The fraction of sp³-hybridized carbons (Fsp3) is 0.273. The molecule has 14 heavy (non-hydrogen) atoms. The van der Waals surface area contributed by atoms with E-state index in [2.05, 4.69) is 37.0 Å². The lowest BCUT2D eigenvalue weighted by atomic mass is 10.0. The molecule has 0 unspecified atom stereocenters. The Morgan fingerprint density at radius 3 is 2.57 bits per heavy atom. The lowest BCUT2D eigenvalue weighted by molar-refractivity contribution is -0.191. The second-order valence-electron chi connectivity index (χ2n) is 3.15. The molecule has 0 radical (unpaired) electrons. The third kappa shape index (κ3) is 2.15. The Balaban J connectivity index is 0.000000293. The Bertz CT molecular complexity index is 402. The highest BCUT2D eigenvalue weighted by Crippen LogP contribution is 2.19. The number of benzene rings is 1. The maximum Gasteiger partial charge on any atom is 0.373 e. The van der Waals surface area contributed by atoms with Crippen molar-refractivity contribution in [2.45, 2.75) is 20.4 Å². The summed E-state index contributed by atoms with van der Waals surface area (Å²) in [4.78, 5) is 20.6. The maximum atomic E-state index is 8.12. The second kappa shape index (κ2) is 4.49. The molecular formula is C11H11NO2. The van der Waals surface area contributed by atoms with E-state index in [-0.39, 0.29) is 6.15 Å². The van der Waals surface area contributed by atoms with Gasteiger partial charge in [0.15, 0.2) is 0 Å². The summed E-state index contributed by atoms with van der Waals surface area (Å²) in [6, 6.07) is 6.53. The highest BCUT2D eigenvalue weighted by Gasteiger charge is 2.10. The summed E-state index contributed by atoms with van der Waals surface area (Å²) in [6.07, 6.45) is 0.250. The zero-order chi connectivity index (χ0) is 10.6. The number of hydrogen-bond donors (Lipinski definition) is 0. The SMILES string of the molecule is CC1=NCc2ccc(C)cc21.O=C=O. The molecule has 3 nitrogen and oxygen atoms in total. The van der Waals surface area contributed by atoms with Gasteiger partial charge in [-0.3, -0.25) is 4.99 Å². The molecule has 1 aliphatic heterocycles. The topological polar surface area (TPSA) is 46.5 Å². The van der Waals surface area contributed by atoms with E-state index < -0.39 is 0 Å². The zero-order valence-corrected chi connectivity index (χ0v) is 8.20. The molecule has 1 aromatic carbocycles. The van der Waals surface area contributed by atoms with E-state index in [1.807, 2.05) is 0 Å². The lowest BCUT2D eigenvalue weighted by Crippen LogP contribution is -1.91. The first-order chi connectivity index (χ1) is 6.69. The van der Waals surface area contributed by atoms with Gasteiger partial charge in [0.05, 0.1) is 6.54 Å². The molecule has 0 N–H and O–H groups in total. The van der Waals surface area contributed by atoms with Crippen molar-refractivity contribution >= 4 is 11.9 Å². The monoisotopic (exact) mass is 189 g/mol. The number of nitrogens with zero attached hydrogens (tertiary/aromatic N) is 1. The van der Waals surface area contributed by atoms with Gasteiger partial charge in [0.2, 0.25) is 0 Å². The van der Waals surface area contributed by atoms with Crippen LogP contribution in [0.5, 0.6) is 0 Å². The highest BCUT2D eigenvalue weighted by atomic mass is 16.2. The average molecular weight is 189 g/mol. The van der Waals surface area contributed by atoms with Crippen molar-refractivity contribution in [3.63, 3.8) is 0 Å². The Labute approximate surface area is 82.5 Å². The molecule has 0 bridgehead atoms. The molecule has 0 atom stereocenters. The summed E-state index contributed by atoms with van der Waals surface area (Å²) in [5.74, 6) is 0. The normalized spacial score (nSPS) is 12.0. The summed E-state index contributed by atoms with van der Waals surface area (Å²) in [5, 5.41) is 0. The minimum absolute atomic E-state index is 0.250. The predicted molar refractivity (Wildman–Crippen MR) is 52.1 cm³/mol.